The van der Waals surface area contributed by atoms with Crippen molar-refractivity contribution in [2.75, 3.05) is 0 Å². The second-order valence-corrected chi connectivity index (χ2v) is 3.57. The summed E-state index contributed by atoms with van der Waals surface area (Å²) in [6.45, 7) is 7.28. The van der Waals surface area contributed by atoms with E-state index in [9.17, 15) is 0 Å². The highest BCUT2D eigenvalue weighted by atomic mass is 35.5. The summed E-state index contributed by atoms with van der Waals surface area (Å²) in [6, 6.07) is 0. The van der Waals surface area contributed by atoms with E-state index < -0.39 is 0 Å². The zero-order valence-corrected chi connectivity index (χ0v) is 8.52. The molecule has 0 saturated heterocycles. The van der Waals surface area contributed by atoms with Crippen molar-refractivity contribution in [2.45, 2.75) is 39.7 Å². The summed E-state index contributed by atoms with van der Waals surface area (Å²) in [7, 11) is 0. The molecule has 1 aromatic heterocycles. The molecule has 0 unspecified atom stereocenters. The van der Waals surface area contributed by atoms with E-state index in [4.69, 9.17) is 11.6 Å². The van der Waals surface area contributed by atoms with E-state index in [1.54, 1.807) is 0 Å². The average molecular weight is 186 g/mol. The van der Waals surface area contributed by atoms with Gasteiger partial charge in [0.25, 0.3) is 0 Å². The Balaban J connectivity index is 2.95. The fraction of sp³-hybridized carbons (Fsp3) is 0.667. The fourth-order valence-corrected chi connectivity index (χ4v) is 1.62. The maximum Gasteiger partial charge on any atom is 0.133 e. The van der Waals surface area contributed by atoms with Gasteiger partial charge in [-0.3, -0.25) is 4.68 Å². The molecule has 0 fully saturated rings. The molecule has 0 atom stereocenters. The molecular formula is C9H14ClN2. The summed E-state index contributed by atoms with van der Waals surface area (Å²) in [5.41, 5.74) is 1.10. The van der Waals surface area contributed by atoms with Crippen molar-refractivity contribution in [2.24, 2.45) is 0 Å². The van der Waals surface area contributed by atoms with Crippen molar-refractivity contribution in [3.63, 3.8) is 0 Å². The minimum atomic E-state index is 0.419. The van der Waals surface area contributed by atoms with Crippen molar-refractivity contribution in [3.05, 3.63) is 16.9 Å². The zero-order chi connectivity index (χ0) is 9.14. The van der Waals surface area contributed by atoms with Gasteiger partial charge in [0.05, 0.1) is 10.7 Å². The first kappa shape index (κ1) is 9.59. The van der Waals surface area contributed by atoms with Crippen molar-refractivity contribution < 1.29 is 0 Å². The van der Waals surface area contributed by atoms with Crippen LogP contribution in [0, 0.1) is 6.20 Å². The van der Waals surface area contributed by atoms with Gasteiger partial charge in [0.2, 0.25) is 0 Å². The lowest BCUT2D eigenvalue weighted by molar-refractivity contribution is 0.557. The van der Waals surface area contributed by atoms with E-state index in [1.165, 1.54) is 0 Å². The number of nitrogens with zero attached hydrogens (tertiary/aromatic N) is 2. The largest absolute Gasteiger partial charge is 0.267 e. The van der Waals surface area contributed by atoms with Gasteiger partial charge in [0.15, 0.2) is 0 Å². The third-order valence-electron chi connectivity index (χ3n) is 1.75. The molecule has 0 aromatic carbocycles. The lowest BCUT2D eigenvalue weighted by atomic mass is 10.1. The van der Waals surface area contributed by atoms with Crippen molar-refractivity contribution in [1.29, 1.82) is 0 Å². The van der Waals surface area contributed by atoms with E-state index >= 15 is 0 Å². The number of aromatic nitrogens is 2. The summed E-state index contributed by atoms with van der Waals surface area (Å²) in [5, 5.41) is 4.75. The maximum absolute atomic E-state index is 5.94. The molecular weight excluding hydrogens is 172 g/mol. The lowest BCUT2D eigenvalue weighted by Gasteiger charge is -2.08. The highest BCUT2D eigenvalue weighted by Gasteiger charge is 2.11. The third kappa shape index (κ3) is 1.81. The lowest BCUT2D eigenvalue weighted by Crippen LogP contribution is -2.05. The first-order valence-corrected chi connectivity index (χ1v) is 4.68. The Morgan fingerprint density at radius 3 is 2.75 bits per heavy atom. The van der Waals surface area contributed by atoms with Crippen LogP contribution in [0.4, 0.5) is 0 Å². The number of hydrogen-bond acceptors (Lipinski definition) is 1. The monoisotopic (exact) mass is 185 g/mol. The van der Waals surface area contributed by atoms with Crippen molar-refractivity contribution in [3.8, 4) is 0 Å². The van der Waals surface area contributed by atoms with E-state index in [-0.39, 0.29) is 0 Å². The maximum atomic E-state index is 5.94. The summed E-state index contributed by atoms with van der Waals surface area (Å²) >= 11 is 5.94. The Bertz CT molecular complexity index is 253. The van der Waals surface area contributed by atoms with Crippen LogP contribution in [0.2, 0.25) is 5.02 Å². The van der Waals surface area contributed by atoms with Crippen LogP contribution in [-0.2, 0) is 6.54 Å². The Morgan fingerprint density at radius 1 is 1.58 bits per heavy atom. The Labute approximate surface area is 78.5 Å². The fourth-order valence-electron chi connectivity index (χ4n) is 1.26. The molecule has 0 N–H and O–H groups in total. The molecule has 67 valence electrons. The molecule has 0 aliphatic rings. The SMILES string of the molecule is CCCn1n[c]c(Cl)c1C(C)C. The predicted molar refractivity (Wildman–Crippen MR) is 50.5 cm³/mol. The molecule has 1 heterocycles. The van der Waals surface area contributed by atoms with Crippen LogP contribution in [-0.4, -0.2) is 9.78 Å². The van der Waals surface area contributed by atoms with Gasteiger partial charge >= 0.3 is 0 Å². The molecule has 0 aliphatic heterocycles. The summed E-state index contributed by atoms with van der Waals surface area (Å²) in [6.07, 6.45) is 3.86. The average Bonchev–Trinajstić information content (AvgIpc) is 2.32. The number of halogens is 1. The van der Waals surface area contributed by atoms with Crippen LogP contribution >= 0.6 is 11.6 Å². The first-order chi connectivity index (χ1) is 5.66. The second kappa shape index (κ2) is 3.94. The molecule has 0 aliphatic carbocycles. The summed E-state index contributed by atoms with van der Waals surface area (Å²) < 4.78 is 1.94. The smallest absolute Gasteiger partial charge is 0.133 e. The topological polar surface area (TPSA) is 17.8 Å². The molecule has 2 nitrogen and oxygen atoms in total. The molecule has 1 rings (SSSR count). The molecule has 1 radical (unpaired) electrons. The van der Waals surface area contributed by atoms with E-state index in [0.717, 1.165) is 18.7 Å². The normalized spacial score (nSPS) is 11.1. The van der Waals surface area contributed by atoms with E-state index in [0.29, 0.717) is 10.9 Å². The van der Waals surface area contributed by atoms with Crippen molar-refractivity contribution in [1.82, 2.24) is 9.78 Å². The molecule has 0 amide bonds. The van der Waals surface area contributed by atoms with Gasteiger partial charge < -0.3 is 0 Å². The first-order valence-electron chi connectivity index (χ1n) is 4.30. The van der Waals surface area contributed by atoms with Gasteiger partial charge in [-0.15, -0.1) is 0 Å². The second-order valence-electron chi connectivity index (χ2n) is 3.19. The summed E-state index contributed by atoms with van der Waals surface area (Å²) in [4.78, 5) is 0. The molecule has 3 heteroatoms. The van der Waals surface area contributed by atoms with Crippen LogP contribution in [0.25, 0.3) is 0 Å². The van der Waals surface area contributed by atoms with E-state index in [2.05, 4.69) is 32.1 Å². The van der Waals surface area contributed by atoms with Crippen molar-refractivity contribution >= 4 is 11.6 Å². The van der Waals surface area contributed by atoms with Crippen LogP contribution < -0.4 is 0 Å². The van der Waals surface area contributed by atoms with Crippen LogP contribution in [0.1, 0.15) is 38.8 Å². The number of aryl methyl sites for hydroxylation is 1. The van der Waals surface area contributed by atoms with Gasteiger partial charge in [-0.1, -0.05) is 32.4 Å². The van der Waals surface area contributed by atoms with Gasteiger partial charge in [-0.05, 0) is 12.3 Å². The predicted octanol–water partition coefficient (Wildman–Crippen LogP) is 2.87. The minimum absolute atomic E-state index is 0.419. The van der Waals surface area contributed by atoms with Gasteiger partial charge in [0.1, 0.15) is 6.20 Å². The number of rotatable bonds is 3. The van der Waals surface area contributed by atoms with Gasteiger partial charge in [0, 0.05) is 6.54 Å². The third-order valence-corrected chi connectivity index (χ3v) is 2.03. The Hall–Kier alpha value is -0.500. The summed E-state index contributed by atoms with van der Waals surface area (Å²) in [5.74, 6) is 0.419. The molecule has 0 spiro atoms. The molecule has 12 heavy (non-hydrogen) atoms. The van der Waals surface area contributed by atoms with Gasteiger partial charge in [-0.2, -0.15) is 5.10 Å². The molecule has 1 aromatic rings. The van der Waals surface area contributed by atoms with Gasteiger partial charge in [-0.25, -0.2) is 0 Å². The Morgan fingerprint density at radius 2 is 2.25 bits per heavy atom. The minimum Gasteiger partial charge on any atom is -0.267 e. The zero-order valence-electron chi connectivity index (χ0n) is 7.76. The highest BCUT2D eigenvalue weighted by molar-refractivity contribution is 6.31. The quantitative estimate of drug-likeness (QED) is 0.708. The van der Waals surface area contributed by atoms with Crippen LogP contribution in [0.15, 0.2) is 0 Å². The molecule has 0 bridgehead atoms. The van der Waals surface area contributed by atoms with Crippen LogP contribution in [0.5, 0.6) is 0 Å². The van der Waals surface area contributed by atoms with Crippen LogP contribution in [0.3, 0.4) is 0 Å². The Kier molecular flexibility index (Phi) is 3.15. The van der Waals surface area contributed by atoms with E-state index in [1.807, 2.05) is 4.68 Å². The standard InChI is InChI=1S/C9H14ClN2/c1-4-5-12-9(7(2)3)8(10)6-11-12/h7H,4-5H2,1-3H3. The number of hydrogen-bond donors (Lipinski definition) is 0. The molecule has 0 saturated carbocycles. The highest BCUT2D eigenvalue weighted by Crippen LogP contribution is 2.23.